The largest absolute Gasteiger partial charge is 0.369 e. The highest BCUT2D eigenvalue weighted by molar-refractivity contribution is 5.76. The lowest BCUT2D eigenvalue weighted by atomic mass is 9.96. The van der Waals surface area contributed by atoms with Gasteiger partial charge in [0.05, 0.1) is 5.92 Å². The number of rotatable bonds is 4. The van der Waals surface area contributed by atoms with Crippen LogP contribution in [0, 0.1) is 11.7 Å². The summed E-state index contributed by atoms with van der Waals surface area (Å²) in [7, 11) is 0. The first-order chi connectivity index (χ1) is 9.10. The molecule has 5 heteroatoms. The Morgan fingerprint density at radius 1 is 1.42 bits per heavy atom. The van der Waals surface area contributed by atoms with Crippen LogP contribution in [0.3, 0.4) is 0 Å². The van der Waals surface area contributed by atoms with E-state index >= 15 is 0 Å². The maximum absolute atomic E-state index is 13.2. The summed E-state index contributed by atoms with van der Waals surface area (Å²) in [5, 5.41) is 0. The standard InChI is InChI=1S/C14H20FN3O/c15-13-4-3-10(12(6-13)7-16)8-18-5-1-2-11(9-18)14(17)19/h3-4,6,11H,1-2,5,7-9,16H2,(H2,17,19). The Morgan fingerprint density at radius 2 is 2.21 bits per heavy atom. The van der Waals surface area contributed by atoms with E-state index < -0.39 is 0 Å². The SMILES string of the molecule is NCc1cc(F)ccc1CN1CCCC(C(N)=O)C1. The third-order valence-electron chi connectivity index (χ3n) is 3.69. The van der Waals surface area contributed by atoms with Gasteiger partial charge in [-0.3, -0.25) is 9.69 Å². The molecule has 1 aromatic carbocycles. The zero-order valence-electron chi connectivity index (χ0n) is 10.9. The number of primary amides is 1. The highest BCUT2D eigenvalue weighted by Gasteiger charge is 2.24. The second-order valence-corrected chi connectivity index (χ2v) is 5.09. The number of likely N-dealkylation sites (tertiary alicyclic amines) is 1. The predicted molar refractivity (Wildman–Crippen MR) is 71.5 cm³/mol. The van der Waals surface area contributed by atoms with Crippen LogP contribution in [0.25, 0.3) is 0 Å². The maximum atomic E-state index is 13.2. The molecule has 0 bridgehead atoms. The van der Waals surface area contributed by atoms with Crippen LogP contribution in [0.1, 0.15) is 24.0 Å². The van der Waals surface area contributed by atoms with Crippen molar-refractivity contribution in [3.63, 3.8) is 0 Å². The number of benzene rings is 1. The van der Waals surface area contributed by atoms with E-state index in [9.17, 15) is 9.18 Å². The molecule has 4 N–H and O–H groups in total. The van der Waals surface area contributed by atoms with Crippen molar-refractivity contribution >= 4 is 5.91 Å². The number of halogens is 1. The van der Waals surface area contributed by atoms with Crippen molar-refractivity contribution in [1.29, 1.82) is 0 Å². The van der Waals surface area contributed by atoms with E-state index in [0.717, 1.165) is 30.5 Å². The van der Waals surface area contributed by atoms with Crippen LogP contribution < -0.4 is 11.5 Å². The summed E-state index contributed by atoms with van der Waals surface area (Å²) in [6.45, 7) is 2.62. The molecule has 1 heterocycles. The van der Waals surface area contributed by atoms with E-state index in [2.05, 4.69) is 4.90 Å². The first kappa shape index (κ1) is 14.0. The van der Waals surface area contributed by atoms with E-state index in [1.807, 2.05) is 0 Å². The van der Waals surface area contributed by atoms with E-state index in [1.165, 1.54) is 12.1 Å². The second-order valence-electron chi connectivity index (χ2n) is 5.09. The van der Waals surface area contributed by atoms with Gasteiger partial charge in [-0.1, -0.05) is 6.07 Å². The Balaban J connectivity index is 2.06. The number of carbonyl (C=O) groups is 1. The topological polar surface area (TPSA) is 72.3 Å². The summed E-state index contributed by atoms with van der Waals surface area (Å²) >= 11 is 0. The van der Waals surface area contributed by atoms with Crippen LogP contribution in [-0.4, -0.2) is 23.9 Å². The van der Waals surface area contributed by atoms with Crippen LogP contribution >= 0.6 is 0 Å². The first-order valence-corrected chi connectivity index (χ1v) is 6.59. The van der Waals surface area contributed by atoms with E-state index in [-0.39, 0.29) is 17.6 Å². The summed E-state index contributed by atoms with van der Waals surface area (Å²) in [6, 6.07) is 4.69. The summed E-state index contributed by atoms with van der Waals surface area (Å²) in [6.07, 6.45) is 1.83. The Labute approximate surface area is 112 Å². The number of hydrogen-bond acceptors (Lipinski definition) is 3. The predicted octanol–water partition coefficient (Wildman–Crippen LogP) is 0.982. The van der Waals surface area contributed by atoms with E-state index in [1.54, 1.807) is 6.07 Å². The van der Waals surface area contributed by atoms with Gasteiger partial charge in [0.2, 0.25) is 5.91 Å². The number of nitrogens with zero attached hydrogens (tertiary/aromatic N) is 1. The van der Waals surface area contributed by atoms with Crippen molar-refractivity contribution < 1.29 is 9.18 Å². The van der Waals surface area contributed by atoms with Crippen molar-refractivity contribution in [2.24, 2.45) is 17.4 Å². The minimum Gasteiger partial charge on any atom is -0.369 e. The lowest BCUT2D eigenvalue weighted by Gasteiger charge is -2.31. The Kier molecular flexibility index (Phi) is 4.50. The van der Waals surface area contributed by atoms with Gasteiger partial charge in [0.15, 0.2) is 0 Å². The number of hydrogen-bond donors (Lipinski definition) is 2. The van der Waals surface area contributed by atoms with Gasteiger partial charge in [0.25, 0.3) is 0 Å². The van der Waals surface area contributed by atoms with Crippen molar-refractivity contribution in [2.75, 3.05) is 13.1 Å². The Hall–Kier alpha value is -1.46. The maximum Gasteiger partial charge on any atom is 0.221 e. The van der Waals surface area contributed by atoms with Gasteiger partial charge < -0.3 is 11.5 Å². The molecule has 0 aromatic heterocycles. The molecule has 1 fully saturated rings. The summed E-state index contributed by atoms with van der Waals surface area (Å²) in [4.78, 5) is 13.4. The smallest absolute Gasteiger partial charge is 0.221 e. The third kappa shape index (κ3) is 3.52. The quantitative estimate of drug-likeness (QED) is 0.852. The Morgan fingerprint density at radius 3 is 2.89 bits per heavy atom. The third-order valence-corrected chi connectivity index (χ3v) is 3.69. The average Bonchev–Trinajstić information content (AvgIpc) is 2.41. The second kappa shape index (κ2) is 6.12. The fraction of sp³-hybridized carbons (Fsp3) is 0.500. The summed E-state index contributed by atoms with van der Waals surface area (Å²) in [5.41, 5.74) is 12.8. The molecule has 4 nitrogen and oxygen atoms in total. The molecule has 1 amide bonds. The Bertz CT molecular complexity index is 464. The molecular weight excluding hydrogens is 245 g/mol. The fourth-order valence-corrected chi connectivity index (χ4v) is 2.61. The summed E-state index contributed by atoms with van der Waals surface area (Å²) < 4.78 is 13.2. The van der Waals surface area contributed by atoms with Crippen molar-refractivity contribution in [3.05, 3.63) is 35.1 Å². The molecule has 1 saturated heterocycles. The van der Waals surface area contributed by atoms with Gasteiger partial charge in [0.1, 0.15) is 5.82 Å². The molecule has 1 aromatic rings. The minimum atomic E-state index is -0.266. The highest BCUT2D eigenvalue weighted by Crippen LogP contribution is 2.20. The van der Waals surface area contributed by atoms with Gasteiger partial charge in [-0.05, 0) is 42.6 Å². The van der Waals surface area contributed by atoms with Crippen LogP contribution in [0.15, 0.2) is 18.2 Å². The number of piperidine rings is 1. The molecule has 0 radical (unpaired) electrons. The monoisotopic (exact) mass is 265 g/mol. The van der Waals surface area contributed by atoms with Crippen molar-refractivity contribution in [3.8, 4) is 0 Å². The van der Waals surface area contributed by atoms with Gasteiger partial charge in [0, 0.05) is 19.6 Å². The zero-order chi connectivity index (χ0) is 13.8. The van der Waals surface area contributed by atoms with Crippen molar-refractivity contribution in [1.82, 2.24) is 4.90 Å². The summed E-state index contributed by atoms with van der Waals surface area (Å²) in [5.74, 6) is -0.573. The van der Waals surface area contributed by atoms with Crippen LogP contribution in [0.4, 0.5) is 4.39 Å². The molecule has 1 unspecified atom stereocenters. The van der Waals surface area contributed by atoms with Gasteiger partial charge in [-0.2, -0.15) is 0 Å². The lowest BCUT2D eigenvalue weighted by Crippen LogP contribution is -2.40. The average molecular weight is 265 g/mol. The molecule has 19 heavy (non-hydrogen) atoms. The molecule has 1 atom stereocenters. The first-order valence-electron chi connectivity index (χ1n) is 6.59. The molecule has 0 saturated carbocycles. The minimum absolute atomic E-state index is 0.0736. The van der Waals surface area contributed by atoms with Gasteiger partial charge in [-0.25, -0.2) is 4.39 Å². The number of nitrogens with two attached hydrogens (primary N) is 2. The lowest BCUT2D eigenvalue weighted by molar-refractivity contribution is -0.123. The normalized spacial score (nSPS) is 20.4. The molecule has 1 aliphatic heterocycles. The van der Waals surface area contributed by atoms with Crippen molar-refractivity contribution in [2.45, 2.75) is 25.9 Å². The zero-order valence-corrected chi connectivity index (χ0v) is 10.9. The van der Waals surface area contributed by atoms with Crippen LogP contribution in [0.5, 0.6) is 0 Å². The van der Waals surface area contributed by atoms with E-state index in [4.69, 9.17) is 11.5 Å². The van der Waals surface area contributed by atoms with E-state index in [0.29, 0.717) is 19.6 Å². The van der Waals surface area contributed by atoms with Crippen LogP contribution in [-0.2, 0) is 17.9 Å². The van der Waals surface area contributed by atoms with Gasteiger partial charge in [-0.15, -0.1) is 0 Å². The number of carbonyl (C=O) groups excluding carboxylic acids is 1. The molecule has 104 valence electrons. The number of amides is 1. The molecule has 2 rings (SSSR count). The molecule has 0 spiro atoms. The van der Waals surface area contributed by atoms with Crippen LogP contribution in [0.2, 0.25) is 0 Å². The molecule has 1 aliphatic rings. The molecular formula is C14H20FN3O. The highest BCUT2D eigenvalue weighted by atomic mass is 19.1. The fourth-order valence-electron chi connectivity index (χ4n) is 2.61. The van der Waals surface area contributed by atoms with Gasteiger partial charge >= 0.3 is 0 Å². The molecule has 0 aliphatic carbocycles.